The van der Waals surface area contributed by atoms with Crippen LogP contribution in [0.2, 0.25) is 0 Å². The third kappa shape index (κ3) is 2.54. The van der Waals surface area contributed by atoms with Gasteiger partial charge in [0.2, 0.25) is 29.6 Å². The highest BCUT2D eigenvalue weighted by molar-refractivity contribution is 5.60. The van der Waals surface area contributed by atoms with Gasteiger partial charge < -0.3 is 34.2 Å². The van der Waals surface area contributed by atoms with Crippen molar-refractivity contribution in [2.45, 2.75) is 12.5 Å². The van der Waals surface area contributed by atoms with Crippen molar-refractivity contribution in [1.29, 1.82) is 5.26 Å². The van der Waals surface area contributed by atoms with Crippen LogP contribution in [0, 0.1) is 11.3 Å². The van der Waals surface area contributed by atoms with E-state index in [4.69, 9.17) is 29.1 Å². The number of aliphatic hydroxyl groups is 1. The lowest BCUT2D eigenvalue weighted by molar-refractivity contribution is 0.171. The van der Waals surface area contributed by atoms with Crippen LogP contribution in [0.25, 0.3) is 0 Å². The zero-order chi connectivity index (χ0) is 19.1. The van der Waals surface area contributed by atoms with Crippen LogP contribution in [0.15, 0.2) is 38.9 Å². The van der Waals surface area contributed by atoms with Crippen molar-refractivity contribution in [2.75, 3.05) is 13.9 Å². The molecule has 4 rings (SSSR count). The highest BCUT2D eigenvalue weighted by atomic mass is 16.7. The fourth-order valence-corrected chi connectivity index (χ4v) is 3.11. The Hall–Kier alpha value is -3.64. The summed E-state index contributed by atoms with van der Waals surface area (Å²) in [7, 11) is 1.47. The lowest BCUT2D eigenvalue weighted by Crippen LogP contribution is -2.25. The zero-order valence-corrected chi connectivity index (χ0v) is 14.1. The number of fused-ring (bicyclic) bond motifs is 2. The summed E-state index contributed by atoms with van der Waals surface area (Å²) in [6, 6.07) is 6.41. The number of nitrogens with zero attached hydrogens (tertiary/aromatic N) is 1. The molecule has 0 saturated carbocycles. The van der Waals surface area contributed by atoms with Gasteiger partial charge in [-0.25, -0.2) is 0 Å². The molecule has 0 radical (unpaired) electrons. The van der Waals surface area contributed by atoms with E-state index in [0.717, 1.165) is 6.07 Å². The largest absolute Gasteiger partial charge is 0.493 e. The maximum absolute atomic E-state index is 12.3. The molecule has 0 unspecified atom stereocenters. The van der Waals surface area contributed by atoms with E-state index in [1.807, 2.05) is 6.07 Å². The van der Waals surface area contributed by atoms with Gasteiger partial charge in [0.1, 0.15) is 24.0 Å². The molecule has 1 aromatic carbocycles. The van der Waals surface area contributed by atoms with Gasteiger partial charge in [-0.15, -0.1) is 0 Å². The first-order valence-corrected chi connectivity index (χ1v) is 7.90. The number of hydrogen-bond acceptors (Lipinski definition) is 9. The van der Waals surface area contributed by atoms with Gasteiger partial charge in [0.25, 0.3) is 0 Å². The molecule has 0 amide bonds. The lowest BCUT2D eigenvalue weighted by Gasteiger charge is -2.25. The Balaban J connectivity index is 1.98. The summed E-state index contributed by atoms with van der Waals surface area (Å²) in [6.07, 6.45) is 0. The minimum Gasteiger partial charge on any atom is -0.493 e. The van der Waals surface area contributed by atoms with E-state index in [0.29, 0.717) is 22.8 Å². The fourth-order valence-electron chi connectivity index (χ4n) is 3.11. The summed E-state index contributed by atoms with van der Waals surface area (Å²) in [6.45, 7) is -0.451. The Labute approximate surface area is 152 Å². The molecule has 27 heavy (non-hydrogen) atoms. The zero-order valence-electron chi connectivity index (χ0n) is 14.1. The van der Waals surface area contributed by atoms with Crippen molar-refractivity contribution in [1.82, 2.24) is 0 Å². The van der Waals surface area contributed by atoms with Gasteiger partial charge in [-0.1, -0.05) is 0 Å². The third-order valence-corrected chi connectivity index (χ3v) is 4.30. The van der Waals surface area contributed by atoms with Crippen LogP contribution in [-0.2, 0) is 6.61 Å². The highest BCUT2D eigenvalue weighted by Crippen LogP contribution is 2.47. The number of allylic oxidation sites excluding steroid dienone is 1. The molecule has 3 heterocycles. The van der Waals surface area contributed by atoms with Crippen LogP contribution in [0.4, 0.5) is 0 Å². The number of ether oxygens (including phenoxy) is 4. The topological polar surface area (TPSA) is 137 Å². The monoisotopic (exact) mass is 370 g/mol. The third-order valence-electron chi connectivity index (χ3n) is 4.30. The maximum Gasteiger partial charge on any atom is 0.231 e. The van der Waals surface area contributed by atoms with Gasteiger partial charge in [0.15, 0.2) is 17.3 Å². The average Bonchev–Trinajstić information content (AvgIpc) is 3.15. The number of hydrogen-bond donors (Lipinski definition) is 2. The number of benzene rings is 1. The van der Waals surface area contributed by atoms with E-state index in [2.05, 4.69) is 0 Å². The standard InChI is InChI=1S/C18H14N2O7/c1-23-12-2-8(3-13-16(12)25-7-24-13)14-10(5-19)18(20)27-15-11(22)4-9(6-21)26-17(14)15/h2-4,14,21H,6-7,20H2,1H3/t14-/m1/s1. The predicted molar refractivity (Wildman–Crippen MR) is 89.3 cm³/mol. The Morgan fingerprint density at radius 3 is 2.85 bits per heavy atom. The molecule has 9 heteroatoms. The number of rotatable bonds is 3. The summed E-state index contributed by atoms with van der Waals surface area (Å²) >= 11 is 0. The van der Waals surface area contributed by atoms with Crippen LogP contribution in [0.3, 0.4) is 0 Å². The normalized spacial score (nSPS) is 17.1. The first-order valence-electron chi connectivity index (χ1n) is 7.90. The molecule has 0 saturated heterocycles. The minimum atomic E-state index is -0.846. The quantitative estimate of drug-likeness (QED) is 0.813. The molecule has 1 aromatic heterocycles. The summed E-state index contributed by atoms with van der Waals surface area (Å²) < 4.78 is 27.1. The summed E-state index contributed by atoms with van der Waals surface area (Å²) in [5.41, 5.74) is 5.94. The van der Waals surface area contributed by atoms with Crippen LogP contribution in [-0.4, -0.2) is 19.0 Å². The second kappa shape index (κ2) is 6.26. The first-order chi connectivity index (χ1) is 13.1. The van der Waals surface area contributed by atoms with E-state index in [9.17, 15) is 15.2 Å². The van der Waals surface area contributed by atoms with Crippen molar-refractivity contribution in [2.24, 2.45) is 5.73 Å². The first kappa shape index (κ1) is 16.8. The van der Waals surface area contributed by atoms with E-state index in [1.54, 1.807) is 12.1 Å². The Kier molecular flexibility index (Phi) is 3.90. The van der Waals surface area contributed by atoms with E-state index >= 15 is 0 Å². The lowest BCUT2D eigenvalue weighted by atomic mass is 9.87. The van der Waals surface area contributed by atoms with Crippen molar-refractivity contribution >= 4 is 0 Å². The number of aliphatic hydroxyl groups excluding tert-OH is 1. The number of nitrogens with two attached hydrogens (primary N) is 1. The molecule has 2 aromatic rings. The molecule has 0 aliphatic carbocycles. The smallest absolute Gasteiger partial charge is 0.231 e. The molecule has 0 spiro atoms. The molecule has 1 atom stereocenters. The summed E-state index contributed by atoms with van der Waals surface area (Å²) in [5.74, 6) is 0.187. The molecule has 138 valence electrons. The van der Waals surface area contributed by atoms with Gasteiger partial charge in [0.05, 0.1) is 13.0 Å². The average molecular weight is 370 g/mol. The SMILES string of the molecule is COc1cc([C@@H]2C(C#N)=C(N)Oc3c2oc(CO)cc3=O)cc2c1OCO2. The van der Waals surface area contributed by atoms with Crippen molar-refractivity contribution in [3.63, 3.8) is 0 Å². The molecule has 2 aliphatic heterocycles. The molecule has 9 nitrogen and oxygen atoms in total. The number of nitriles is 1. The Morgan fingerprint density at radius 1 is 1.33 bits per heavy atom. The molecule has 0 bridgehead atoms. The van der Waals surface area contributed by atoms with E-state index in [1.165, 1.54) is 7.11 Å². The van der Waals surface area contributed by atoms with Gasteiger partial charge in [0, 0.05) is 6.07 Å². The van der Waals surface area contributed by atoms with Gasteiger partial charge >= 0.3 is 0 Å². The van der Waals surface area contributed by atoms with Crippen LogP contribution >= 0.6 is 0 Å². The Morgan fingerprint density at radius 2 is 2.15 bits per heavy atom. The van der Waals surface area contributed by atoms with Crippen LogP contribution < -0.4 is 30.1 Å². The predicted octanol–water partition coefficient (Wildman–Crippen LogP) is 1.09. The minimum absolute atomic E-state index is 0.0341. The summed E-state index contributed by atoms with van der Waals surface area (Å²) in [4.78, 5) is 12.3. The second-order valence-electron chi connectivity index (χ2n) is 5.81. The van der Waals surface area contributed by atoms with Crippen molar-refractivity contribution < 1.29 is 28.5 Å². The Bertz CT molecular complexity index is 1060. The van der Waals surface area contributed by atoms with Crippen molar-refractivity contribution in [3.8, 4) is 29.1 Å². The molecule has 0 fully saturated rings. The number of methoxy groups -OCH3 is 1. The maximum atomic E-state index is 12.3. The molecule has 2 aliphatic rings. The van der Waals surface area contributed by atoms with E-state index < -0.39 is 18.0 Å². The van der Waals surface area contributed by atoms with Gasteiger partial charge in [-0.3, -0.25) is 4.79 Å². The van der Waals surface area contributed by atoms with Crippen LogP contribution in [0.1, 0.15) is 23.0 Å². The summed E-state index contributed by atoms with van der Waals surface area (Å²) in [5, 5.41) is 19.0. The highest BCUT2D eigenvalue weighted by Gasteiger charge is 2.36. The molecule has 3 N–H and O–H groups in total. The fraction of sp³-hybridized carbons (Fsp3) is 0.222. The van der Waals surface area contributed by atoms with Gasteiger partial charge in [-0.2, -0.15) is 5.26 Å². The molecular weight excluding hydrogens is 356 g/mol. The second-order valence-corrected chi connectivity index (χ2v) is 5.81. The van der Waals surface area contributed by atoms with Crippen LogP contribution in [0.5, 0.6) is 23.0 Å². The van der Waals surface area contributed by atoms with Gasteiger partial charge in [-0.05, 0) is 17.7 Å². The van der Waals surface area contributed by atoms with E-state index in [-0.39, 0.29) is 35.5 Å². The van der Waals surface area contributed by atoms with Crippen molar-refractivity contribution in [3.05, 3.63) is 57.0 Å². The molecular formula is C18H14N2O7.